The Kier molecular flexibility index (Phi) is 4.49. The minimum absolute atomic E-state index is 0.0820. The summed E-state index contributed by atoms with van der Waals surface area (Å²) in [4.78, 5) is 11.4. The van der Waals surface area contributed by atoms with Crippen molar-refractivity contribution < 1.29 is 14.3 Å². The molecule has 0 amide bonds. The average molecular weight is 289 g/mol. The first-order valence-electron chi connectivity index (χ1n) is 5.88. The van der Waals surface area contributed by atoms with Crippen molar-refractivity contribution in [3.63, 3.8) is 0 Å². The number of hydrogen-bond donors (Lipinski definition) is 0. The highest BCUT2D eigenvalue weighted by molar-refractivity contribution is 6.35. The fraction of sp³-hybridized carbons (Fsp3) is 0.462. The van der Waals surface area contributed by atoms with Gasteiger partial charge in [-0.25, -0.2) is 0 Å². The van der Waals surface area contributed by atoms with E-state index in [0.717, 1.165) is 6.42 Å². The summed E-state index contributed by atoms with van der Waals surface area (Å²) in [5.74, 6) is 0.613. The Hall–Kier alpha value is -0.770. The second-order valence-electron chi connectivity index (χ2n) is 4.19. The number of carbonyl (C=O) groups is 1. The molecule has 0 radical (unpaired) electrons. The summed E-state index contributed by atoms with van der Waals surface area (Å²) in [7, 11) is 0. The van der Waals surface area contributed by atoms with Gasteiger partial charge < -0.3 is 9.47 Å². The molecular weight excluding hydrogens is 275 g/mol. The van der Waals surface area contributed by atoms with Crippen molar-refractivity contribution >= 4 is 29.0 Å². The molecule has 3 nitrogen and oxygen atoms in total. The molecule has 18 heavy (non-hydrogen) atoms. The number of halogens is 2. The zero-order chi connectivity index (χ0) is 13.1. The van der Waals surface area contributed by atoms with Gasteiger partial charge in [0, 0.05) is 18.1 Å². The monoisotopic (exact) mass is 288 g/mol. The van der Waals surface area contributed by atoms with Crippen LogP contribution in [0.1, 0.15) is 19.8 Å². The molecule has 1 aliphatic carbocycles. The number of benzene rings is 1. The van der Waals surface area contributed by atoms with Gasteiger partial charge in [0.25, 0.3) is 0 Å². The van der Waals surface area contributed by atoms with Crippen LogP contribution < -0.4 is 4.74 Å². The lowest BCUT2D eigenvalue weighted by atomic mass is 9.90. The molecule has 2 rings (SSSR count). The van der Waals surface area contributed by atoms with Gasteiger partial charge >= 0.3 is 0 Å². The molecule has 1 saturated carbocycles. The van der Waals surface area contributed by atoms with E-state index in [4.69, 9.17) is 32.7 Å². The number of carbonyl (C=O) groups excluding carboxylic acids is 1. The third kappa shape index (κ3) is 2.97. The maximum absolute atomic E-state index is 11.4. The predicted octanol–water partition coefficient (Wildman–Crippen LogP) is 3.51. The van der Waals surface area contributed by atoms with Gasteiger partial charge in [0.2, 0.25) is 0 Å². The zero-order valence-corrected chi connectivity index (χ0v) is 11.5. The number of Topliss-reactive ketones (excluding diaryl/α,β-unsaturated/α-hetero) is 1. The average Bonchev–Trinajstić information content (AvgIpc) is 2.32. The molecule has 0 spiro atoms. The molecule has 1 fully saturated rings. The molecule has 0 N–H and O–H groups in total. The molecule has 98 valence electrons. The molecule has 0 aliphatic heterocycles. The Morgan fingerprint density at radius 1 is 1.39 bits per heavy atom. The van der Waals surface area contributed by atoms with Crippen LogP contribution in [0.25, 0.3) is 0 Å². The zero-order valence-electron chi connectivity index (χ0n) is 9.99. The predicted molar refractivity (Wildman–Crippen MR) is 70.5 cm³/mol. The van der Waals surface area contributed by atoms with Crippen LogP contribution in [0, 0.1) is 0 Å². The van der Waals surface area contributed by atoms with Crippen LogP contribution >= 0.6 is 23.2 Å². The molecular formula is C13H14Cl2O3. The fourth-order valence-corrected chi connectivity index (χ4v) is 2.20. The van der Waals surface area contributed by atoms with E-state index in [-0.39, 0.29) is 11.9 Å². The summed E-state index contributed by atoms with van der Waals surface area (Å²) >= 11 is 11.8. The van der Waals surface area contributed by atoms with E-state index in [1.165, 1.54) is 0 Å². The molecule has 2 unspecified atom stereocenters. The summed E-state index contributed by atoms with van der Waals surface area (Å²) in [6.07, 6.45) is 0.533. The van der Waals surface area contributed by atoms with E-state index in [1.54, 1.807) is 18.2 Å². The minimum Gasteiger partial charge on any atom is -0.485 e. The molecule has 0 aromatic heterocycles. The smallest absolute Gasteiger partial charge is 0.169 e. The number of ketones is 1. The summed E-state index contributed by atoms with van der Waals surface area (Å²) in [6.45, 7) is 2.56. The third-order valence-corrected chi connectivity index (χ3v) is 3.26. The van der Waals surface area contributed by atoms with E-state index in [2.05, 4.69) is 0 Å². The highest BCUT2D eigenvalue weighted by Crippen LogP contribution is 2.32. The van der Waals surface area contributed by atoms with Crippen molar-refractivity contribution in [3.8, 4) is 5.75 Å². The van der Waals surface area contributed by atoms with Crippen molar-refractivity contribution in [2.24, 2.45) is 0 Å². The van der Waals surface area contributed by atoms with Crippen molar-refractivity contribution in [1.82, 2.24) is 0 Å². The lowest BCUT2D eigenvalue weighted by Gasteiger charge is -2.34. The standard InChI is InChI=1S/C13H14Cl2O3/c1-2-5-17-13-10(16)7-12(13)18-11-4-3-8(14)6-9(11)15/h3-4,6,12-13H,2,5,7H2,1H3. The van der Waals surface area contributed by atoms with E-state index in [0.29, 0.717) is 28.8 Å². The maximum atomic E-state index is 11.4. The molecule has 2 atom stereocenters. The molecule has 5 heteroatoms. The second-order valence-corrected chi connectivity index (χ2v) is 5.04. The van der Waals surface area contributed by atoms with Gasteiger partial charge in [0.15, 0.2) is 11.9 Å². The minimum atomic E-state index is -0.461. The quantitative estimate of drug-likeness (QED) is 0.832. The van der Waals surface area contributed by atoms with Crippen molar-refractivity contribution in [2.75, 3.05) is 6.61 Å². The molecule has 0 saturated heterocycles. The summed E-state index contributed by atoms with van der Waals surface area (Å²) in [5, 5.41) is 0.993. The molecule has 1 aliphatic rings. The first-order chi connectivity index (χ1) is 8.61. The summed E-state index contributed by atoms with van der Waals surface area (Å²) in [5.41, 5.74) is 0. The Morgan fingerprint density at radius 2 is 2.17 bits per heavy atom. The first-order valence-corrected chi connectivity index (χ1v) is 6.63. The van der Waals surface area contributed by atoms with Crippen molar-refractivity contribution in [2.45, 2.75) is 32.0 Å². The maximum Gasteiger partial charge on any atom is 0.169 e. The Bertz CT molecular complexity index is 448. The van der Waals surface area contributed by atoms with Crippen molar-refractivity contribution in [3.05, 3.63) is 28.2 Å². The fourth-order valence-electron chi connectivity index (χ4n) is 1.75. The summed E-state index contributed by atoms with van der Waals surface area (Å²) in [6, 6.07) is 5.01. The number of hydrogen-bond acceptors (Lipinski definition) is 3. The van der Waals surface area contributed by atoms with Crippen LogP contribution in [0.15, 0.2) is 18.2 Å². The van der Waals surface area contributed by atoms with Gasteiger partial charge in [-0.05, 0) is 24.6 Å². The van der Waals surface area contributed by atoms with Gasteiger partial charge in [-0.3, -0.25) is 4.79 Å². The SMILES string of the molecule is CCCOC1C(=O)CC1Oc1ccc(Cl)cc1Cl. The van der Waals surface area contributed by atoms with E-state index < -0.39 is 6.10 Å². The van der Waals surface area contributed by atoms with Gasteiger partial charge in [-0.15, -0.1) is 0 Å². The second kappa shape index (κ2) is 5.91. The van der Waals surface area contributed by atoms with Crippen LogP contribution in [-0.2, 0) is 9.53 Å². The number of rotatable bonds is 5. The Labute approximate surface area is 116 Å². The topological polar surface area (TPSA) is 35.5 Å². The van der Waals surface area contributed by atoms with Gasteiger partial charge in [-0.1, -0.05) is 30.1 Å². The largest absolute Gasteiger partial charge is 0.485 e. The Balaban J connectivity index is 1.99. The first kappa shape index (κ1) is 13.7. The van der Waals surface area contributed by atoms with Crippen LogP contribution in [-0.4, -0.2) is 24.6 Å². The third-order valence-electron chi connectivity index (χ3n) is 2.73. The molecule has 1 aromatic carbocycles. The lowest BCUT2D eigenvalue weighted by Crippen LogP contribution is -2.52. The highest BCUT2D eigenvalue weighted by atomic mass is 35.5. The van der Waals surface area contributed by atoms with E-state index in [1.807, 2.05) is 6.92 Å². The Morgan fingerprint density at radius 3 is 2.78 bits per heavy atom. The van der Waals surface area contributed by atoms with Gasteiger partial charge in [0.1, 0.15) is 11.9 Å². The molecule has 0 heterocycles. The van der Waals surface area contributed by atoms with E-state index >= 15 is 0 Å². The molecule has 1 aromatic rings. The molecule has 0 bridgehead atoms. The van der Waals surface area contributed by atoms with Crippen LogP contribution in [0.4, 0.5) is 0 Å². The highest BCUT2D eigenvalue weighted by Gasteiger charge is 2.42. The van der Waals surface area contributed by atoms with Crippen LogP contribution in [0.2, 0.25) is 10.0 Å². The van der Waals surface area contributed by atoms with Gasteiger partial charge in [-0.2, -0.15) is 0 Å². The van der Waals surface area contributed by atoms with Gasteiger partial charge in [0.05, 0.1) is 5.02 Å². The van der Waals surface area contributed by atoms with Crippen LogP contribution in [0.5, 0.6) is 5.75 Å². The van der Waals surface area contributed by atoms with Crippen molar-refractivity contribution in [1.29, 1.82) is 0 Å². The summed E-state index contributed by atoms with van der Waals surface area (Å²) < 4.78 is 11.1. The normalized spacial score (nSPS) is 22.7. The number of ether oxygens (including phenoxy) is 2. The van der Waals surface area contributed by atoms with E-state index in [9.17, 15) is 4.79 Å². The lowest BCUT2D eigenvalue weighted by molar-refractivity contribution is -0.154. The van der Waals surface area contributed by atoms with Crippen LogP contribution in [0.3, 0.4) is 0 Å².